The molecule has 1 saturated heterocycles. The van der Waals surface area contributed by atoms with Crippen molar-refractivity contribution < 1.29 is 19.1 Å². The van der Waals surface area contributed by atoms with Gasteiger partial charge in [0.25, 0.3) is 5.91 Å². The van der Waals surface area contributed by atoms with E-state index in [-0.39, 0.29) is 23.3 Å². The minimum atomic E-state index is -0.882. The van der Waals surface area contributed by atoms with Gasteiger partial charge in [-0.1, -0.05) is 20.8 Å². The first kappa shape index (κ1) is 24.3. The molecule has 8 heteroatoms. The highest BCUT2D eigenvalue weighted by molar-refractivity contribution is 5.94. The molecule has 2 amide bonds. The number of carbonyl (C=O) groups excluding carboxylic acids is 1. The fourth-order valence-corrected chi connectivity index (χ4v) is 4.77. The van der Waals surface area contributed by atoms with Crippen LogP contribution in [0.25, 0.3) is 22.6 Å². The van der Waals surface area contributed by atoms with Crippen molar-refractivity contribution in [1.29, 1.82) is 5.26 Å². The van der Waals surface area contributed by atoms with E-state index < -0.39 is 6.09 Å². The first-order chi connectivity index (χ1) is 16.6. The molecule has 2 N–H and O–H groups in total. The van der Waals surface area contributed by atoms with Crippen molar-refractivity contribution >= 4 is 23.1 Å². The Kier molecular flexibility index (Phi) is 6.53. The summed E-state index contributed by atoms with van der Waals surface area (Å²) in [6.45, 7) is 9.02. The lowest BCUT2D eigenvalue weighted by molar-refractivity contribution is 0.0402. The fraction of sp³-hybridized carbons (Fsp3) is 0.407. The monoisotopic (exact) mass is 474 g/mol. The lowest BCUT2D eigenvalue weighted by atomic mass is 9.77. The maximum absolute atomic E-state index is 12.8. The zero-order valence-corrected chi connectivity index (χ0v) is 20.5. The smallest absolute Gasteiger partial charge is 0.407 e. The third-order valence-corrected chi connectivity index (χ3v) is 6.71. The zero-order chi connectivity index (χ0) is 25.3. The second-order valence-electron chi connectivity index (χ2n) is 10.3. The normalized spacial score (nSPS) is 18.3. The number of oxazole rings is 1. The third kappa shape index (κ3) is 5.14. The van der Waals surface area contributed by atoms with Gasteiger partial charge in [0, 0.05) is 30.3 Å². The van der Waals surface area contributed by atoms with Crippen molar-refractivity contribution in [2.24, 2.45) is 11.3 Å². The molecule has 35 heavy (non-hydrogen) atoms. The summed E-state index contributed by atoms with van der Waals surface area (Å²) in [4.78, 5) is 30.4. The summed E-state index contributed by atoms with van der Waals surface area (Å²) >= 11 is 0. The molecular formula is C27H30N4O4. The Bertz CT molecular complexity index is 1300. The van der Waals surface area contributed by atoms with E-state index in [1.54, 1.807) is 36.4 Å². The van der Waals surface area contributed by atoms with E-state index >= 15 is 0 Å². The maximum atomic E-state index is 12.8. The van der Waals surface area contributed by atoms with Crippen LogP contribution in [0.5, 0.6) is 0 Å². The number of nitrogens with one attached hydrogen (secondary N) is 1. The summed E-state index contributed by atoms with van der Waals surface area (Å²) in [5.74, 6) is 0.486. The number of carboxylic acid groups (broad SMARTS) is 1. The van der Waals surface area contributed by atoms with Crippen LogP contribution < -0.4 is 5.32 Å². The number of aryl methyl sites for hydroxylation is 1. The molecule has 2 heterocycles. The van der Waals surface area contributed by atoms with Gasteiger partial charge < -0.3 is 19.7 Å². The highest BCUT2D eigenvalue weighted by Gasteiger charge is 2.38. The van der Waals surface area contributed by atoms with Crippen LogP contribution in [-0.2, 0) is 0 Å². The van der Waals surface area contributed by atoms with Crippen LogP contribution >= 0.6 is 0 Å². The van der Waals surface area contributed by atoms with Gasteiger partial charge in [-0.05, 0) is 73.1 Å². The molecule has 2 aromatic carbocycles. The number of likely N-dealkylation sites (tertiary alicyclic amines) is 1. The maximum Gasteiger partial charge on any atom is 0.407 e. The minimum absolute atomic E-state index is 0.0841. The standard InChI is InChI=1S/C27H30N4O4/c1-16-11-18(14-28)12-21-23(16)35-25(30-21)20-7-5-19(6-8-20)24(32)29-15-17-9-10-31(26(33)34)22(13-17)27(2,3)4/h5-8,11-12,17,22H,9-10,13,15H2,1-4H3,(H,29,32)(H,33,34). The molecule has 1 fully saturated rings. The SMILES string of the molecule is Cc1cc(C#N)cc2nc(-c3ccc(C(=O)NCC4CCN(C(=O)O)C(C(C)(C)C)C4)cc3)oc12. The molecule has 1 aliphatic rings. The van der Waals surface area contributed by atoms with Crippen LogP contribution in [-0.4, -0.2) is 46.1 Å². The molecule has 182 valence electrons. The van der Waals surface area contributed by atoms with Gasteiger partial charge in [0.15, 0.2) is 5.58 Å². The van der Waals surface area contributed by atoms with E-state index in [1.807, 2.05) is 6.92 Å². The van der Waals surface area contributed by atoms with Crippen molar-refractivity contribution in [3.8, 4) is 17.5 Å². The molecule has 0 aliphatic carbocycles. The zero-order valence-electron chi connectivity index (χ0n) is 20.5. The lowest BCUT2D eigenvalue weighted by Crippen LogP contribution is -2.52. The van der Waals surface area contributed by atoms with E-state index in [0.29, 0.717) is 41.2 Å². The first-order valence-corrected chi connectivity index (χ1v) is 11.8. The van der Waals surface area contributed by atoms with Crippen molar-refractivity contribution in [1.82, 2.24) is 15.2 Å². The predicted molar refractivity (Wildman–Crippen MR) is 132 cm³/mol. The third-order valence-electron chi connectivity index (χ3n) is 6.71. The van der Waals surface area contributed by atoms with Crippen LogP contribution in [0, 0.1) is 29.6 Å². The van der Waals surface area contributed by atoms with Gasteiger partial charge >= 0.3 is 6.09 Å². The summed E-state index contributed by atoms with van der Waals surface area (Å²) in [7, 11) is 0. The summed E-state index contributed by atoms with van der Waals surface area (Å²) in [6, 6.07) is 12.6. The van der Waals surface area contributed by atoms with E-state index in [2.05, 4.69) is 37.1 Å². The number of amides is 2. The number of piperidine rings is 1. The van der Waals surface area contributed by atoms with Crippen molar-refractivity contribution in [3.63, 3.8) is 0 Å². The molecule has 0 saturated carbocycles. The molecule has 0 bridgehead atoms. The highest BCUT2D eigenvalue weighted by Crippen LogP contribution is 2.34. The van der Waals surface area contributed by atoms with E-state index in [4.69, 9.17) is 9.68 Å². The number of nitrogens with zero attached hydrogens (tertiary/aromatic N) is 3. The second kappa shape index (κ2) is 9.41. The van der Waals surface area contributed by atoms with Crippen LogP contribution in [0.2, 0.25) is 0 Å². The molecule has 4 rings (SSSR count). The number of fused-ring (bicyclic) bond motifs is 1. The van der Waals surface area contributed by atoms with Crippen LogP contribution in [0.15, 0.2) is 40.8 Å². The number of rotatable bonds is 4. The van der Waals surface area contributed by atoms with E-state index in [0.717, 1.165) is 24.0 Å². The predicted octanol–water partition coefficient (Wildman–Crippen LogP) is 5.21. The summed E-state index contributed by atoms with van der Waals surface area (Å²) in [5.41, 5.74) is 3.74. The minimum Gasteiger partial charge on any atom is -0.465 e. The highest BCUT2D eigenvalue weighted by atomic mass is 16.4. The van der Waals surface area contributed by atoms with Gasteiger partial charge in [-0.3, -0.25) is 4.79 Å². The molecule has 1 aromatic heterocycles. The Morgan fingerprint density at radius 3 is 2.60 bits per heavy atom. The van der Waals surface area contributed by atoms with Gasteiger partial charge in [-0.25, -0.2) is 9.78 Å². The fourth-order valence-electron chi connectivity index (χ4n) is 4.77. The first-order valence-electron chi connectivity index (χ1n) is 11.8. The van der Waals surface area contributed by atoms with Crippen molar-refractivity contribution in [2.75, 3.05) is 13.1 Å². The van der Waals surface area contributed by atoms with Crippen molar-refractivity contribution in [3.05, 3.63) is 53.1 Å². The quantitative estimate of drug-likeness (QED) is 0.536. The van der Waals surface area contributed by atoms with Gasteiger partial charge in [0.1, 0.15) is 5.52 Å². The Hall–Kier alpha value is -3.86. The van der Waals surface area contributed by atoms with Gasteiger partial charge in [0.05, 0.1) is 11.6 Å². The topological polar surface area (TPSA) is 119 Å². The summed E-state index contributed by atoms with van der Waals surface area (Å²) < 4.78 is 5.91. The van der Waals surface area contributed by atoms with Crippen LogP contribution in [0.3, 0.4) is 0 Å². The largest absolute Gasteiger partial charge is 0.465 e. The Labute approximate surface area is 204 Å². The Balaban J connectivity index is 1.41. The number of hydrogen-bond donors (Lipinski definition) is 2. The van der Waals surface area contributed by atoms with Gasteiger partial charge in [0.2, 0.25) is 5.89 Å². The van der Waals surface area contributed by atoms with Gasteiger partial charge in [-0.15, -0.1) is 0 Å². The average molecular weight is 475 g/mol. The molecule has 2 atom stereocenters. The van der Waals surface area contributed by atoms with Crippen LogP contribution in [0.1, 0.15) is 55.1 Å². The summed E-state index contributed by atoms with van der Waals surface area (Å²) in [6.07, 6.45) is 0.565. The Morgan fingerprint density at radius 1 is 1.26 bits per heavy atom. The van der Waals surface area contributed by atoms with E-state index in [9.17, 15) is 14.7 Å². The van der Waals surface area contributed by atoms with E-state index in [1.165, 1.54) is 4.90 Å². The Morgan fingerprint density at radius 2 is 1.97 bits per heavy atom. The number of benzene rings is 2. The lowest BCUT2D eigenvalue weighted by Gasteiger charge is -2.44. The molecule has 0 spiro atoms. The second-order valence-corrected chi connectivity index (χ2v) is 10.3. The summed E-state index contributed by atoms with van der Waals surface area (Å²) in [5, 5.41) is 21.7. The number of hydrogen-bond acceptors (Lipinski definition) is 5. The number of carbonyl (C=O) groups is 2. The average Bonchev–Trinajstić information content (AvgIpc) is 3.26. The van der Waals surface area contributed by atoms with Crippen molar-refractivity contribution in [2.45, 2.75) is 46.6 Å². The number of nitriles is 1. The van der Waals surface area contributed by atoms with Crippen LogP contribution in [0.4, 0.5) is 4.79 Å². The molecule has 3 aromatic rings. The molecule has 0 radical (unpaired) electrons. The number of aromatic nitrogens is 1. The van der Waals surface area contributed by atoms with Gasteiger partial charge in [-0.2, -0.15) is 5.26 Å². The molecule has 8 nitrogen and oxygen atoms in total. The molecular weight excluding hydrogens is 444 g/mol. The molecule has 1 aliphatic heterocycles. The molecule has 2 unspecified atom stereocenters.